The maximum absolute atomic E-state index is 10.8. The Hall–Kier alpha value is -2.37. The van der Waals surface area contributed by atoms with Gasteiger partial charge >= 0.3 is 5.97 Å². The largest absolute Gasteiger partial charge is 0.482 e. The number of carbonyl (C=O) groups is 1. The van der Waals surface area contributed by atoms with E-state index in [2.05, 4.69) is 34.5 Å². The number of nitrogens with zero attached hydrogens (tertiary/aromatic N) is 1. The van der Waals surface area contributed by atoms with E-state index in [4.69, 9.17) is 9.84 Å². The molecule has 0 bridgehead atoms. The van der Waals surface area contributed by atoms with E-state index in [1.54, 1.807) is 0 Å². The molecule has 5 heteroatoms. The topological polar surface area (TPSA) is 61.8 Å². The van der Waals surface area contributed by atoms with E-state index in [9.17, 15) is 4.79 Å². The van der Waals surface area contributed by atoms with Gasteiger partial charge in [-0.25, -0.2) is 4.79 Å². The summed E-state index contributed by atoms with van der Waals surface area (Å²) in [5, 5.41) is 12.3. The average molecular weight is 326 g/mol. The predicted octanol–water partition coefficient (Wildman–Crippen LogP) is 2.30. The molecule has 1 heterocycles. The Bertz CT molecular complexity index is 675. The molecule has 0 aromatic heterocycles. The van der Waals surface area contributed by atoms with E-state index < -0.39 is 5.97 Å². The average Bonchev–Trinajstić information content (AvgIpc) is 2.62. The number of para-hydroxylation sites is 1. The zero-order valence-corrected chi connectivity index (χ0v) is 13.5. The van der Waals surface area contributed by atoms with Crippen molar-refractivity contribution in [1.29, 1.82) is 0 Å². The van der Waals surface area contributed by atoms with Gasteiger partial charge in [0, 0.05) is 37.8 Å². The number of aliphatic carboxylic acids is 1. The lowest BCUT2D eigenvalue weighted by atomic mass is 10.0. The minimum Gasteiger partial charge on any atom is -0.482 e. The van der Waals surface area contributed by atoms with Crippen LogP contribution in [0.15, 0.2) is 54.6 Å². The number of nitrogens with one attached hydrogen (secondary N) is 1. The number of piperazine rings is 1. The highest BCUT2D eigenvalue weighted by atomic mass is 16.5. The molecule has 0 unspecified atom stereocenters. The third kappa shape index (κ3) is 4.13. The van der Waals surface area contributed by atoms with Crippen molar-refractivity contribution in [2.45, 2.75) is 12.6 Å². The number of rotatable bonds is 6. The number of carboxylic acids is 1. The zero-order valence-electron chi connectivity index (χ0n) is 13.5. The van der Waals surface area contributed by atoms with E-state index in [0.29, 0.717) is 11.8 Å². The summed E-state index contributed by atoms with van der Waals surface area (Å²) in [7, 11) is 0. The van der Waals surface area contributed by atoms with Gasteiger partial charge in [-0.3, -0.25) is 4.90 Å². The first-order chi connectivity index (χ1) is 11.7. The van der Waals surface area contributed by atoms with Crippen LogP contribution in [-0.2, 0) is 11.3 Å². The summed E-state index contributed by atoms with van der Waals surface area (Å²) in [6, 6.07) is 18.4. The summed E-state index contributed by atoms with van der Waals surface area (Å²) in [6.45, 7) is 3.20. The molecule has 0 aliphatic carbocycles. The van der Waals surface area contributed by atoms with Gasteiger partial charge in [0.2, 0.25) is 0 Å². The third-order valence-electron chi connectivity index (χ3n) is 4.24. The van der Waals surface area contributed by atoms with Crippen LogP contribution in [0.1, 0.15) is 17.2 Å². The highest BCUT2D eigenvalue weighted by Gasteiger charge is 2.24. The molecule has 3 rings (SSSR count). The van der Waals surface area contributed by atoms with Gasteiger partial charge in [-0.05, 0) is 11.6 Å². The van der Waals surface area contributed by atoms with Crippen LogP contribution >= 0.6 is 0 Å². The molecule has 0 saturated carbocycles. The van der Waals surface area contributed by atoms with Gasteiger partial charge in [-0.15, -0.1) is 0 Å². The molecule has 1 aliphatic rings. The molecule has 2 aromatic rings. The van der Waals surface area contributed by atoms with Gasteiger partial charge in [0.25, 0.3) is 0 Å². The van der Waals surface area contributed by atoms with Crippen molar-refractivity contribution in [2.75, 3.05) is 26.2 Å². The van der Waals surface area contributed by atoms with Crippen molar-refractivity contribution >= 4 is 5.97 Å². The summed E-state index contributed by atoms with van der Waals surface area (Å²) in [6.07, 6.45) is 0. The third-order valence-corrected chi connectivity index (χ3v) is 4.24. The first-order valence-corrected chi connectivity index (χ1v) is 8.16. The Morgan fingerprint density at radius 1 is 1.17 bits per heavy atom. The Labute approximate surface area is 141 Å². The van der Waals surface area contributed by atoms with E-state index in [1.165, 1.54) is 5.56 Å². The second-order valence-corrected chi connectivity index (χ2v) is 5.89. The van der Waals surface area contributed by atoms with Crippen LogP contribution in [0, 0.1) is 0 Å². The summed E-state index contributed by atoms with van der Waals surface area (Å²) in [4.78, 5) is 13.2. The van der Waals surface area contributed by atoms with Gasteiger partial charge in [-0.1, -0.05) is 48.5 Å². The Balaban J connectivity index is 1.77. The second kappa shape index (κ2) is 7.95. The van der Waals surface area contributed by atoms with Crippen LogP contribution in [0.25, 0.3) is 0 Å². The number of hydrogen-bond acceptors (Lipinski definition) is 4. The number of hydrogen-bond donors (Lipinski definition) is 2. The lowest BCUT2D eigenvalue weighted by molar-refractivity contribution is -0.139. The first kappa shape index (κ1) is 16.5. The molecule has 0 spiro atoms. The minimum atomic E-state index is -0.964. The van der Waals surface area contributed by atoms with Crippen molar-refractivity contribution in [3.05, 3.63) is 65.7 Å². The minimum absolute atomic E-state index is 0.299. The molecular formula is C19H22N2O3. The fraction of sp³-hybridized carbons (Fsp3) is 0.316. The second-order valence-electron chi connectivity index (χ2n) is 5.89. The quantitative estimate of drug-likeness (QED) is 0.853. The van der Waals surface area contributed by atoms with Crippen LogP contribution in [0.4, 0.5) is 0 Å². The van der Waals surface area contributed by atoms with E-state index >= 15 is 0 Å². The van der Waals surface area contributed by atoms with Gasteiger partial charge in [0.15, 0.2) is 6.61 Å². The van der Waals surface area contributed by atoms with Crippen LogP contribution in [0.3, 0.4) is 0 Å². The Morgan fingerprint density at radius 3 is 2.71 bits per heavy atom. The van der Waals surface area contributed by atoms with Gasteiger partial charge in [0.05, 0.1) is 0 Å². The van der Waals surface area contributed by atoms with Crippen LogP contribution < -0.4 is 10.1 Å². The first-order valence-electron chi connectivity index (χ1n) is 8.16. The maximum Gasteiger partial charge on any atom is 0.341 e. The monoisotopic (exact) mass is 326 g/mol. The van der Waals surface area contributed by atoms with Gasteiger partial charge < -0.3 is 15.2 Å². The molecule has 126 valence electrons. The fourth-order valence-electron chi connectivity index (χ4n) is 3.07. The molecule has 1 aliphatic heterocycles. The lowest BCUT2D eigenvalue weighted by Gasteiger charge is -2.36. The van der Waals surface area contributed by atoms with Crippen LogP contribution in [0.5, 0.6) is 5.75 Å². The molecule has 5 nitrogen and oxygen atoms in total. The molecule has 24 heavy (non-hydrogen) atoms. The van der Waals surface area contributed by atoms with Crippen molar-refractivity contribution in [3.8, 4) is 5.75 Å². The van der Waals surface area contributed by atoms with Crippen LogP contribution in [-0.4, -0.2) is 42.2 Å². The predicted molar refractivity (Wildman–Crippen MR) is 92.0 cm³/mol. The molecule has 1 fully saturated rings. The zero-order chi connectivity index (χ0) is 16.8. The molecule has 2 aromatic carbocycles. The summed E-state index contributed by atoms with van der Waals surface area (Å²) in [5.74, 6) is -0.320. The molecule has 0 radical (unpaired) electrons. The number of benzene rings is 2. The van der Waals surface area contributed by atoms with E-state index in [1.807, 2.05) is 30.3 Å². The SMILES string of the molecule is O=C(O)COc1ccccc1CN1CCNC[C@@H]1c1ccccc1. The van der Waals surface area contributed by atoms with Gasteiger partial charge in [-0.2, -0.15) is 0 Å². The highest BCUT2D eigenvalue weighted by molar-refractivity contribution is 5.68. The highest BCUT2D eigenvalue weighted by Crippen LogP contribution is 2.27. The molecule has 1 saturated heterocycles. The maximum atomic E-state index is 10.8. The summed E-state index contributed by atoms with van der Waals surface area (Å²) < 4.78 is 5.44. The fourth-order valence-corrected chi connectivity index (χ4v) is 3.07. The standard InChI is InChI=1S/C19H22N2O3/c22-19(23)14-24-18-9-5-4-8-16(18)13-21-11-10-20-12-17(21)15-6-2-1-3-7-15/h1-9,17,20H,10-14H2,(H,22,23)/t17-/m1/s1. The lowest BCUT2D eigenvalue weighted by Crippen LogP contribution is -2.45. The van der Waals surface area contributed by atoms with E-state index in [0.717, 1.165) is 31.7 Å². The van der Waals surface area contributed by atoms with Crippen molar-refractivity contribution < 1.29 is 14.6 Å². The Kier molecular flexibility index (Phi) is 5.46. The van der Waals surface area contributed by atoms with E-state index in [-0.39, 0.29) is 6.61 Å². The Morgan fingerprint density at radius 2 is 1.92 bits per heavy atom. The van der Waals surface area contributed by atoms with Crippen molar-refractivity contribution in [3.63, 3.8) is 0 Å². The summed E-state index contributed by atoms with van der Waals surface area (Å²) in [5.41, 5.74) is 2.30. The molecule has 1 atom stereocenters. The summed E-state index contributed by atoms with van der Waals surface area (Å²) >= 11 is 0. The number of ether oxygens (including phenoxy) is 1. The van der Waals surface area contributed by atoms with Crippen molar-refractivity contribution in [2.24, 2.45) is 0 Å². The number of carboxylic acid groups (broad SMARTS) is 1. The molecular weight excluding hydrogens is 304 g/mol. The smallest absolute Gasteiger partial charge is 0.341 e. The normalized spacial score (nSPS) is 18.2. The molecule has 2 N–H and O–H groups in total. The van der Waals surface area contributed by atoms with Gasteiger partial charge in [0.1, 0.15) is 5.75 Å². The molecule has 0 amide bonds. The van der Waals surface area contributed by atoms with Crippen molar-refractivity contribution in [1.82, 2.24) is 10.2 Å². The van der Waals surface area contributed by atoms with Crippen LogP contribution in [0.2, 0.25) is 0 Å².